The smallest absolute Gasteiger partial charge is 0.338 e. The molecule has 2 N–H and O–H groups in total. The number of nitrogens with zero attached hydrogens (tertiary/aromatic N) is 1. The summed E-state index contributed by atoms with van der Waals surface area (Å²) in [6.45, 7) is 2.58. The van der Waals surface area contributed by atoms with Gasteiger partial charge in [-0.15, -0.1) is 0 Å². The summed E-state index contributed by atoms with van der Waals surface area (Å²) >= 11 is 0. The quantitative estimate of drug-likeness (QED) is 0.510. The monoisotopic (exact) mass is 413 g/mol. The second-order valence-corrected chi connectivity index (χ2v) is 8.04. The highest BCUT2D eigenvalue weighted by atomic mass is 16.4. The van der Waals surface area contributed by atoms with Crippen molar-refractivity contribution < 1.29 is 9.21 Å². The summed E-state index contributed by atoms with van der Waals surface area (Å²) in [7, 11) is 0. The van der Waals surface area contributed by atoms with Gasteiger partial charge in [-0.3, -0.25) is 9.69 Å². The fraction of sp³-hybridized carbons (Fsp3) is 0.280. The second kappa shape index (κ2) is 8.29. The van der Waals surface area contributed by atoms with Gasteiger partial charge in [0, 0.05) is 36.1 Å². The van der Waals surface area contributed by atoms with E-state index in [1.807, 2.05) is 42.5 Å². The largest absolute Gasteiger partial charge is 0.423 e. The van der Waals surface area contributed by atoms with E-state index in [0.29, 0.717) is 24.6 Å². The summed E-state index contributed by atoms with van der Waals surface area (Å²) in [4.78, 5) is 25.8. The van der Waals surface area contributed by atoms with Gasteiger partial charge in [-0.05, 0) is 36.6 Å². The first-order valence-electron chi connectivity index (χ1n) is 10.6. The van der Waals surface area contributed by atoms with Crippen LogP contribution in [0.25, 0.3) is 11.0 Å². The molecular formula is C25H23N3O3. The Hall–Kier alpha value is -3.56. The van der Waals surface area contributed by atoms with Gasteiger partial charge in [0.15, 0.2) is 0 Å². The van der Waals surface area contributed by atoms with Crippen molar-refractivity contribution in [2.45, 2.75) is 25.3 Å². The first-order valence-corrected chi connectivity index (χ1v) is 10.6. The van der Waals surface area contributed by atoms with Crippen molar-refractivity contribution in [3.63, 3.8) is 0 Å². The number of hydrogen-bond donors (Lipinski definition) is 2. The molecule has 3 aromatic rings. The predicted molar refractivity (Wildman–Crippen MR) is 121 cm³/mol. The van der Waals surface area contributed by atoms with E-state index in [1.165, 1.54) is 6.07 Å². The summed E-state index contributed by atoms with van der Waals surface area (Å²) in [5, 5.41) is 7.37. The molecule has 31 heavy (non-hydrogen) atoms. The Morgan fingerprint density at radius 3 is 2.81 bits per heavy atom. The molecule has 0 bridgehead atoms. The Kier molecular flexibility index (Phi) is 5.19. The molecule has 6 nitrogen and oxygen atoms in total. The number of hydrogen-bond acceptors (Lipinski definition) is 5. The lowest BCUT2D eigenvalue weighted by molar-refractivity contribution is -0.115. The third-order valence-corrected chi connectivity index (χ3v) is 5.89. The molecule has 1 fully saturated rings. The summed E-state index contributed by atoms with van der Waals surface area (Å²) in [5.74, 6) is 6.52. The van der Waals surface area contributed by atoms with Crippen LogP contribution in [-0.2, 0) is 11.2 Å². The molecule has 0 spiro atoms. The average molecular weight is 413 g/mol. The zero-order chi connectivity index (χ0) is 21.2. The van der Waals surface area contributed by atoms with Crippen LogP contribution in [0, 0.1) is 11.8 Å². The van der Waals surface area contributed by atoms with Crippen molar-refractivity contribution in [1.82, 2.24) is 4.90 Å². The number of benzene rings is 2. The molecule has 156 valence electrons. The van der Waals surface area contributed by atoms with Crippen molar-refractivity contribution >= 4 is 28.3 Å². The normalized spacial score (nSPS) is 16.5. The molecule has 1 amide bonds. The van der Waals surface area contributed by atoms with E-state index < -0.39 is 0 Å². The van der Waals surface area contributed by atoms with Gasteiger partial charge < -0.3 is 15.1 Å². The number of nitrogens with one attached hydrogen (secondary N) is 2. The fourth-order valence-electron chi connectivity index (χ4n) is 4.29. The lowest BCUT2D eigenvalue weighted by Gasteiger charge is -2.31. The highest BCUT2D eigenvalue weighted by Gasteiger charge is 2.21. The van der Waals surface area contributed by atoms with Crippen LogP contribution >= 0.6 is 0 Å². The molecule has 1 saturated heterocycles. The number of rotatable bonds is 3. The summed E-state index contributed by atoms with van der Waals surface area (Å²) in [5.41, 5.74) is 3.87. The van der Waals surface area contributed by atoms with E-state index >= 15 is 0 Å². The van der Waals surface area contributed by atoms with Crippen molar-refractivity contribution in [2.24, 2.45) is 0 Å². The maximum atomic E-state index is 11.9. The molecule has 2 aliphatic heterocycles. The molecule has 2 aliphatic rings. The average Bonchev–Trinajstić information content (AvgIpc) is 3.16. The van der Waals surface area contributed by atoms with Crippen molar-refractivity contribution in [1.29, 1.82) is 0 Å². The lowest BCUT2D eigenvalue weighted by Crippen LogP contribution is -2.39. The zero-order valence-electron chi connectivity index (χ0n) is 17.1. The maximum absolute atomic E-state index is 11.9. The third kappa shape index (κ3) is 4.18. The fourth-order valence-corrected chi connectivity index (χ4v) is 4.29. The minimum absolute atomic E-state index is 0.0304. The Morgan fingerprint density at radius 1 is 1.10 bits per heavy atom. The Labute approximate surface area is 180 Å². The van der Waals surface area contributed by atoms with E-state index in [0.717, 1.165) is 53.8 Å². The van der Waals surface area contributed by atoms with Crippen molar-refractivity contribution in [2.75, 3.05) is 30.3 Å². The number of para-hydroxylation sites is 2. The van der Waals surface area contributed by atoms with Crippen LogP contribution in [0.1, 0.15) is 24.0 Å². The van der Waals surface area contributed by atoms with Crippen LogP contribution < -0.4 is 16.3 Å². The lowest BCUT2D eigenvalue weighted by atomic mass is 10.0. The van der Waals surface area contributed by atoms with Gasteiger partial charge in [0.05, 0.1) is 24.3 Å². The Morgan fingerprint density at radius 2 is 1.94 bits per heavy atom. The molecule has 2 aromatic carbocycles. The van der Waals surface area contributed by atoms with Crippen LogP contribution in [0.5, 0.6) is 0 Å². The van der Waals surface area contributed by atoms with Crippen LogP contribution in [0.3, 0.4) is 0 Å². The minimum Gasteiger partial charge on any atom is -0.423 e. The van der Waals surface area contributed by atoms with Gasteiger partial charge in [0.25, 0.3) is 0 Å². The van der Waals surface area contributed by atoms with Crippen LogP contribution in [0.2, 0.25) is 0 Å². The van der Waals surface area contributed by atoms with Crippen LogP contribution in [0.4, 0.5) is 11.4 Å². The summed E-state index contributed by atoms with van der Waals surface area (Å²) < 4.78 is 5.28. The van der Waals surface area contributed by atoms with E-state index in [1.54, 1.807) is 0 Å². The SMILES string of the molecule is O=C1Cc2cccc(C#CCN3CCC(Nc4cc(=O)oc5ccccc45)CC3)c2N1. The van der Waals surface area contributed by atoms with Gasteiger partial charge in [-0.2, -0.15) is 0 Å². The molecule has 6 heteroatoms. The number of likely N-dealkylation sites (tertiary alicyclic amines) is 1. The van der Waals surface area contributed by atoms with Gasteiger partial charge in [0.2, 0.25) is 5.91 Å². The highest BCUT2D eigenvalue weighted by molar-refractivity contribution is 6.00. The standard InChI is InChI=1S/C25H23N3O3/c29-23-15-18-6-3-5-17(25(18)27-23)7-4-12-28-13-10-19(11-14-28)26-21-16-24(30)31-22-9-2-1-8-20(21)22/h1-3,5-6,8-9,16,19,26H,10-15H2,(H,27,29). The number of piperidine rings is 1. The third-order valence-electron chi connectivity index (χ3n) is 5.89. The van der Waals surface area contributed by atoms with Crippen LogP contribution in [-0.4, -0.2) is 36.5 Å². The Bertz CT molecular complexity index is 1260. The topological polar surface area (TPSA) is 74.6 Å². The predicted octanol–water partition coefficient (Wildman–Crippen LogP) is 3.22. The summed E-state index contributed by atoms with van der Waals surface area (Å²) in [6.07, 6.45) is 2.39. The molecule has 5 rings (SSSR count). The Balaban J connectivity index is 1.19. The molecule has 0 saturated carbocycles. The van der Waals surface area contributed by atoms with Crippen molar-refractivity contribution in [3.05, 3.63) is 70.1 Å². The van der Waals surface area contributed by atoms with Gasteiger partial charge in [-0.1, -0.05) is 36.1 Å². The number of anilines is 2. The maximum Gasteiger partial charge on any atom is 0.338 e. The van der Waals surface area contributed by atoms with Gasteiger partial charge in [-0.25, -0.2) is 4.79 Å². The van der Waals surface area contributed by atoms with E-state index in [-0.39, 0.29) is 11.5 Å². The molecule has 1 aromatic heterocycles. The van der Waals surface area contributed by atoms with E-state index in [2.05, 4.69) is 27.4 Å². The highest BCUT2D eigenvalue weighted by Crippen LogP contribution is 2.26. The van der Waals surface area contributed by atoms with E-state index in [4.69, 9.17) is 4.42 Å². The first kappa shape index (κ1) is 19.4. The zero-order valence-corrected chi connectivity index (χ0v) is 17.1. The van der Waals surface area contributed by atoms with E-state index in [9.17, 15) is 9.59 Å². The number of carbonyl (C=O) groups is 1. The van der Waals surface area contributed by atoms with Crippen LogP contribution in [0.15, 0.2) is 57.7 Å². The molecule has 0 aliphatic carbocycles. The molecular weight excluding hydrogens is 390 g/mol. The number of fused-ring (bicyclic) bond motifs is 2. The first-order chi connectivity index (χ1) is 15.2. The number of amides is 1. The van der Waals surface area contributed by atoms with Gasteiger partial charge in [0.1, 0.15) is 5.58 Å². The summed E-state index contributed by atoms with van der Waals surface area (Å²) in [6, 6.07) is 15.3. The van der Waals surface area contributed by atoms with Crippen molar-refractivity contribution in [3.8, 4) is 11.8 Å². The minimum atomic E-state index is -0.336. The molecule has 0 atom stereocenters. The molecule has 0 radical (unpaired) electrons. The molecule has 3 heterocycles. The number of carbonyl (C=O) groups excluding carboxylic acids is 1. The van der Waals surface area contributed by atoms with Gasteiger partial charge >= 0.3 is 5.63 Å². The second-order valence-electron chi connectivity index (χ2n) is 8.04. The molecule has 0 unspecified atom stereocenters.